The first-order valence-corrected chi connectivity index (χ1v) is 9.99. The summed E-state index contributed by atoms with van der Waals surface area (Å²) < 4.78 is 36.6. The smallest absolute Gasteiger partial charge is 0.211 e. The number of unbranched alkanes of at least 4 members (excludes halogenated alkanes) is 2. The van der Waals surface area contributed by atoms with E-state index >= 15 is 0 Å². The lowest BCUT2D eigenvalue weighted by atomic mass is 10.2. The molecule has 0 atom stereocenters. The van der Waals surface area contributed by atoms with Gasteiger partial charge in [0.15, 0.2) is 0 Å². The number of nitrogens with one attached hydrogen (secondary N) is 2. The van der Waals surface area contributed by atoms with Crippen molar-refractivity contribution in [3.05, 3.63) is 0 Å². The molecule has 0 rings (SSSR count). The van der Waals surface area contributed by atoms with Gasteiger partial charge >= 0.3 is 0 Å². The Balaban J connectivity index is 3.42. The van der Waals surface area contributed by atoms with E-state index in [1.165, 1.54) is 0 Å². The molecule has 0 saturated heterocycles. The van der Waals surface area contributed by atoms with Crippen LogP contribution in [0.25, 0.3) is 0 Å². The first kappa shape index (κ1) is 21.8. The van der Waals surface area contributed by atoms with Gasteiger partial charge in [0.05, 0.1) is 25.6 Å². The Morgan fingerprint density at radius 1 is 0.909 bits per heavy atom. The summed E-state index contributed by atoms with van der Waals surface area (Å²) >= 11 is 0. The van der Waals surface area contributed by atoms with Crippen molar-refractivity contribution in [3.63, 3.8) is 0 Å². The van der Waals surface area contributed by atoms with Gasteiger partial charge in [-0.2, -0.15) is 0 Å². The number of rotatable bonds is 16. The van der Waals surface area contributed by atoms with Crippen LogP contribution < -0.4 is 10.0 Å². The number of ether oxygens (including phenoxy) is 2. The van der Waals surface area contributed by atoms with Crippen LogP contribution in [-0.2, 0) is 19.5 Å². The van der Waals surface area contributed by atoms with Crippen LogP contribution in [0, 0.1) is 0 Å². The van der Waals surface area contributed by atoms with Gasteiger partial charge in [-0.25, -0.2) is 13.1 Å². The Bertz CT molecular complexity index is 334. The molecule has 7 heteroatoms. The van der Waals surface area contributed by atoms with Crippen molar-refractivity contribution in [3.8, 4) is 0 Å². The Hall–Kier alpha value is -0.210. The molecule has 0 aromatic heterocycles. The molecule has 0 aliphatic heterocycles. The summed E-state index contributed by atoms with van der Waals surface area (Å²) in [5, 5.41) is 3.32. The van der Waals surface area contributed by atoms with Gasteiger partial charge in [-0.15, -0.1) is 0 Å². The minimum Gasteiger partial charge on any atom is -0.379 e. The van der Waals surface area contributed by atoms with Crippen LogP contribution >= 0.6 is 0 Å². The molecular weight excluding hydrogens is 304 g/mol. The fourth-order valence-corrected chi connectivity index (χ4v) is 2.92. The summed E-state index contributed by atoms with van der Waals surface area (Å²) in [4.78, 5) is 0. The van der Waals surface area contributed by atoms with Crippen molar-refractivity contribution in [1.29, 1.82) is 0 Å². The standard InChI is InChI=1S/C15H34N2O4S/c1-4-10-20-12-13-21-11-9-17-22(18,19)14-7-5-6-8-16-15(2)3/h15-17H,4-14H2,1-3H3. The molecule has 0 unspecified atom stereocenters. The second-order valence-electron chi connectivity index (χ2n) is 5.61. The van der Waals surface area contributed by atoms with Crippen LogP contribution in [0.3, 0.4) is 0 Å². The van der Waals surface area contributed by atoms with E-state index in [9.17, 15) is 8.42 Å². The van der Waals surface area contributed by atoms with E-state index in [-0.39, 0.29) is 5.75 Å². The van der Waals surface area contributed by atoms with Crippen molar-refractivity contribution < 1.29 is 17.9 Å². The minimum absolute atomic E-state index is 0.189. The van der Waals surface area contributed by atoms with E-state index in [2.05, 4.69) is 30.8 Å². The topological polar surface area (TPSA) is 76.7 Å². The van der Waals surface area contributed by atoms with Gasteiger partial charge < -0.3 is 14.8 Å². The summed E-state index contributed by atoms with van der Waals surface area (Å²) in [5.41, 5.74) is 0. The first-order valence-electron chi connectivity index (χ1n) is 8.34. The summed E-state index contributed by atoms with van der Waals surface area (Å²) in [6.07, 6.45) is 3.62. The van der Waals surface area contributed by atoms with Crippen LogP contribution in [0.2, 0.25) is 0 Å². The predicted octanol–water partition coefficient (Wildman–Crippen LogP) is 1.52. The van der Waals surface area contributed by atoms with Gasteiger partial charge in [-0.1, -0.05) is 27.2 Å². The Labute approximate surface area is 136 Å². The van der Waals surface area contributed by atoms with Crippen LogP contribution in [0.4, 0.5) is 0 Å². The monoisotopic (exact) mass is 338 g/mol. The van der Waals surface area contributed by atoms with Crippen LogP contribution in [0.1, 0.15) is 46.5 Å². The quantitative estimate of drug-likeness (QED) is 0.417. The molecule has 22 heavy (non-hydrogen) atoms. The van der Waals surface area contributed by atoms with Gasteiger partial charge in [-0.05, 0) is 25.8 Å². The van der Waals surface area contributed by atoms with Gasteiger partial charge in [0.1, 0.15) is 0 Å². The highest BCUT2D eigenvalue weighted by Gasteiger charge is 2.08. The fourth-order valence-electron chi connectivity index (χ4n) is 1.79. The maximum Gasteiger partial charge on any atom is 0.211 e. The lowest BCUT2D eigenvalue weighted by Crippen LogP contribution is -2.30. The zero-order valence-electron chi connectivity index (χ0n) is 14.4. The van der Waals surface area contributed by atoms with E-state index in [0.717, 1.165) is 32.4 Å². The molecule has 0 saturated carbocycles. The van der Waals surface area contributed by atoms with Crippen molar-refractivity contribution >= 4 is 10.0 Å². The average Bonchev–Trinajstić information content (AvgIpc) is 2.45. The maximum absolute atomic E-state index is 11.7. The van der Waals surface area contributed by atoms with E-state index in [0.29, 0.717) is 38.8 Å². The van der Waals surface area contributed by atoms with Crippen molar-refractivity contribution in [2.75, 3.05) is 45.3 Å². The van der Waals surface area contributed by atoms with E-state index < -0.39 is 10.0 Å². The van der Waals surface area contributed by atoms with Gasteiger partial charge in [0, 0.05) is 19.2 Å². The summed E-state index contributed by atoms with van der Waals surface area (Å²) in [6, 6.07) is 0.484. The molecule has 0 bridgehead atoms. The SMILES string of the molecule is CCCOCCOCCNS(=O)(=O)CCCCCNC(C)C. The van der Waals surface area contributed by atoms with Crippen molar-refractivity contribution in [2.45, 2.75) is 52.5 Å². The van der Waals surface area contributed by atoms with Gasteiger partial charge in [0.2, 0.25) is 10.0 Å². The van der Waals surface area contributed by atoms with Crippen molar-refractivity contribution in [1.82, 2.24) is 10.0 Å². The molecule has 0 spiro atoms. The number of hydrogen-bond acceptors (Lipinski definition) is 5. The Morgan fingerprint density at radius 2 is 1.59 bits per heavy atom. The highest BCUT2D eigenvalue weighted by atomic mass is 32.2. The number of sulfonamides is 1. The Kier molecular flexibility index (Phi) is 14.2. The van der Waals surface area contributed by atoms with Gasteiger partial charge in [-0.3, -0.25) is 0 Å². The zero-order valence-corrected chi connectivity index (χ0v) is 15.2. The second kappa shape index (κ2) is 14.4. The van der Waals surface area contributed by atoms with Crippen LogP contribution in [-0.4, -0.2) is 59.7 Å². The molecule has 0 amide bonds. The van der Waals surface area contributed by atoms with Crippen LogP contribution in [0.5, 0.6) is 0 Å². The zero-order chi connectivity index (χ0) is 16.7. The molecular formula is C15H34N2O4S. The molecule has 2 N–H and O–H groups in total. The summed E-state index contributed by atoms with van der Waals surface area (Å²) in [6.45, 7) is 9.71. The maximum atomic E-state index is 11.7. The third kappa shape index (κ3) is 16.2. The Morgan fingerprint density at radius 3 is 2.23 bits per heavy atom. The molecule has 0 aliphatic rings. The normalized spacial score (nSPS) is 12.2. The van der Waals surface area contributed by atoms with Crippen molar-refractivity contribution in [2.24, 2.45) is 0 Å². The highest BCUT2D eigenvalue weighted by molar-refractivity contribution is 7.89. The van der Waals surface area contributed by atoms with Crippen LogP contribution in [0.15, 0.2) is 0 Å². The summed E-state index contributed by atoms with van der Waals surface area (Å²) in [5.74, 6) is 0.189. The summed E-state index contributed by atoms with van der Waals surface area (Å²) in [7, 11) is -3.17. The molecule has 0 aromatic rings. The highest BCUT2D eigenvalue weighted by Crippen LogP contribution is 1.98. The molecule has 6 nitrogen and oxygen atoms in total. The molecule has 0 aliphatic carbocycles. The van der Waals surface area contributed by atoms with E-state index in [4.69, 9.17) is 9.47 Å². The van der Waals surface area contributed by atoms with E-state index in [1.807, 2.05) is 0 Å². The first-order chi connectivity index (χ1) is 10.5. The van der Waals surface area contributed by atoms with E-state index in [1.54, 1.807) is 0 Å². The largest absolute Gasteiger partial charge is 0.379 e. The second-order valence-corrected chi connectivity index (χ2v) is 7.53. The third-order valence-electron chi connectivity index (χ3n) is 2.93. The lowest BCUT2D eigenvalue weighted by Gasteiger charge is -2.09. The van der Waals surface area contributed by atoms with Gasteiger partial charge in [0.25, 0.3) is 0 Å². The molecule has 134 valence electrons. The molecule has 0 heterocycles. The molecule has 0 aromatic carbocycles. The fraction of sp³-hybridized carbons (Fsp3) is 1.00. The lowest BCUT2D eigenvalue weighted by molar-refractivity contribution is 0.0502. The third-order valence-corrected chi connectivity index (χ3v) is 4.40. The predicted molar refractivity (Wildman–Crippen MR) is 90.7 cm³/mol. The minimum atomic E-state index is -3.17. The molecule has 0 fully saturated rings. The average molecular weight is 339 g/mol. The number of hydrogen-bond donors (Lipinski definition) is 2. The molecule has 0 radical (unpaired) electrons.